The van der Waals surface area contributed by atoms with Crippen molar-refractivity contribution in [2.75, 3.05) is 6.54 Å². The third kappa shape index (κ3) is 6.53. The predicted octanol–water partition coefficient (Wildman–Crippen LogP) is 5.25. The SMILES string of the molecule is CCCCCCCC(NCCC)c1ncccc1Br. The van der Waals surface area contributed by atoms with Crippen molar-refractivity contribution in [1.82, 2.24) is 10.3 Å². The first kappa shape index (κ1) is 16.6. The Bertz CT molecular complexity index is 341. The number of hydrogen-bond donors (Lipinski definition) is 1. The van der Waals surface area contributed by atoms with E-state index in [1.807, 2.05) is 12.3 Å². The van der Waals surface area contributed by atoms with Gasteiger partial charge in [-0.1, -0.05) is 46.0 Å². The van der Waals surface area contributed by atoms with E-state index in [9.17, 15) is 0 Å². The number of rotatable bonds is 10. The number of unbranched alkanes of at least 4 members (excludes halogenated alkanes) is 4. The van der Waals surface area contributed by atoms with Crippen molar-refractivity contribution in [3.63, 3.8) is 0 Å². The molecule has 0 aliphatic heterocycles. The molecule has 0 saturated carbocycles. The van der Waals surface area contributed by atoms with Crippen LogP contribution in [0.5, 0.6) is 0 Å². The topological polar surface area (TPSA) is 24.9 Å². The first-order chi connectivity index (χ1) is 9.29. The first-order valence-corrected chi connectivity index (χ1v) is 8.42. The Labute approximate surface area is 126 Å². The van der Waals surface area contributed by atoms with Crippen LogP contribution in [0.1, 0.15) is 70.5 Å². The van der Waals surface area contributed by atoms with Gasteiger partial charge in [-0.3, -0.25) is 4.98 Å². The molecule has 0 aliphatic rings. The predicted molar refractivity (Wildman–Crippen MR) is 86.3 cm³/mol. The van der Waals surface area contributed by atoms with Crippen LogP contribution in [0.4, 0.5) is 0 Å². The summed E-state index contributed by atoms with van der Waals surface area (Å²) in [6.45, 7) is 5.53. The van der Waals surface area contributed by atoms with Crippen molar-refractivity contribution in [1.29, 1.82) is 0 Å². The Morgan fingerprint density at radius 2 is 1.95 bits per heavy atom. The summed E-state index contributed by atoms with van der Waals surface area (Å²) in [7, 11) is 0. The highest BCUT2D eigenvalue weighted by molar-refractivity contribution is 9.10. The van der Waals surface area contributed by atoms with Gasteiger partial charge < -0.3 is 5.32 Å². The van der Waals surface area contributed by atoms with Crippen LogP contribution in [0.2, 0.25) is 0 Å². The second kappa shape index (κ2) is 10.4. The van der Waals surface area contributed by atoms with E-state index in [1.165, 1.54) is 38.5 Å². The van der Waals surface area contributed by atoms with Gasteiger partial charge in [0.2, 0.25) is 0 Å². The monoisotopic (exact) mass is 326 g/mol. The molecule has 1 heterocycles. The Kier molecular flexibility index (Phi) is 9.10. The van der Waals surface area contributed by atoms with Crippen LogP contribution < -0.4 is 5.32 Å². The van der Waals surface area contributed by atoms with E-state index in [0.29, 0.717) is 6.04 Å². The van der Waals surface area contributed by atoms with Crippen LogP contribution in [0.3, 0.4) is 0 Å². The Hall–Kier alpha value is -0.410. The van der Waals surface area contributed by atoms with E-state index in [2.05, 4.69) is 46.1 Å². The molecule has 1 aromatic heterocycles. The fourth-order valence-electron chi connectivity index (χ4n) is 2.26. The molecular formula is C16H27BrN2. The second-order valence-electron chi connectivity index (χ2n) is 5.08. The van der Waals surface area contributed by atoms with Crippen molar-refractivity contribution in [3.05, 3.63) is 28.5 Å². The largest absolute Gasteiger partial charge is 0.309 e. The van der Waals surface area contributed by atoms with Crippen LogP contribution in [0.15, 0.2) is 22.8 Å². The van der Waals surface area contributed by atoms with Crippen molar-refractivity contribution in [3.8, 4) is 0 Å². The third-order valence-corrected chi connectivity index (χ3v) is 4.02. The average Bonchev–Trinajstić information content (AvgIpc) is 2.43. The lowest BCUT2D eigenvalue weighted by Crippen LogP contribution is -2.23. The number of nitrogens with one attached hydrogen (secondary N) is 1. The fraction of sp³-hybridized carbons (Fsp3) is 0.688. The van der Waals surface area contributed by atoms with Gasteiger partial charge in [0.1, 0.15) is 0 Å². The van der Waals surface area contributed by atoms with E-state index < -0.39 is 0 Å². The lowest BCUT2D eigenvalue weighted by atomic mass is 10.0. The van der Waals surface area contributed by atoms with Crippen LogP contribution in [0.25, 0.3) is 0 Å². The molecule has 0 fully saturated rings. The van der Waals surface area contributed by atoms with Gasteiger partial charge in [0.05, 0.1) is 11.7 Å². The maximum absolute atomic E-state index is 4.54. The molecule has 0 bridgehead atoms. The quantitative estimate of drug-likeness (QED) is 0.594. The molecule has 0 saturated heterocycles. The van der Waals surface area contributed by atoms with E-state index in [0.717, 1.165) is 23.1 Å². The van der Waals surface area contributed by atoms with Gasteiger partial charge in [0, 0.05) is 10.7 Å². The highest BCUT2D eigenvalue weighted by atomic mass is 79.9. The van der Waals surface area contributed by atoms with E-state index in [-0.39, 0.29) is 0 Å². The van der Waals surface area contributed by atoms with Gasteiger partial charge in [-0.25, -0.2) is 0 Å². The van der Waals surface area contributed by atoms with Crippen molar-refractivity contribution in [2.24, 2.45) is 0 Å². The maximum Gasteiger partial charge on any atom is 0.0714 e. The molecule has 108 valence electrons. The fourth-order valence-corrected chi connectivity index (χ4v) is 2.79. The van der Waals surface area contributed by atoms with Gasteiger partial charge in [-0.05, 0) is 47.4 Å². The van der Waals surface area contributed by atoms with E-state index in [1.54, 1.807) is 0 Å². The Morgan fingerprint density at radius 1 is 1.16 bits per heavy atom. The Balaban J connectivity index is 2.49. The molecule has 1 atom stereocenters. The summed E-state index contributed by atoms with van der Waals surface area (Å²) in [4.78, 5) is 4.54. The van der Waals surface area contributed by atoms with Crippen molar-refractivity contribution < 1.29 is 0 Å². The molecule has 1 N–H and O–H groups in total. The molecule has 0 amide bonds. The zero-order chi connectivity index (χ0) is 13.9. The van der Waals surface area contributed by atoms with Gasteiger partial charge in [0.15, 0.2) is 0 Å². The highest BCUT2D eigenvalue weighted by Crippen LogP contribution is 2.25. The molecule has 2 nitrogen and oxygen atoms in total. The highest BCUT2D eigenvalue weighted by Gasteiger charge is 2.14. The standard InChI is InChI=1S/C16H27BrN2/c1-3-5-6-7-8-11-15(18-12-4-2)16-14(17)10-9-13-19-16/h9-10,13,15,18H,3-8,11-12H2,1-2H3. The first-order valence-electron chi connectivity index (χ1n) is 7.63. The van der Waals surface area contributed by atoms with Crippen molar-refractivity contribution >= 4 is 15.9 Å². The summed E-state index contributed by atoms with van der Waals surface area (Å²) in [5.74, 6) is 0. The van der Waals surface area contributed by atoms with Gasteiger partial charge in [-0.2, -0.15) is 0 Å². The lowest BCUT2D eigenvalue weighted by molar-refractivity contribution is 0.458. The normalized spacial score (nSPS) is 12.6. The third-order valence-electron chi connectivity index (χ3n) is 3.35. The molecule has 0 aromatic carbocycles. The van der Waals surface area contributed by atoms with E-state index in [4.69, 9.17) is 0 Å². The minimum absolute atomic E-state index is 0.386. The average molecular weight is 327 g/mol. The molecule has 3 heteroatoms. The van der Waals surface area contributed by atoms with Crippen molar-refractivity contribution in [2.45, 2.75) is 64.8 Å². The zero-order valence-corrected chi connectivity index (χ0v) is 13.9. The number of halogens is 1. The molecule has 1 unspecified atom stereocenters. The van der Waals surface area contributed by atoms with Gasteiger partial charge in [-0.15, -0.1) is 0 Å². The lowest BCUT2D eigenvalue weighted by Gasteiger charge is -2.19. The second-order valence-corrected chi connectivity index (χ2v) is 5.93. The van der Waals surface area contributed by atoms with Crippen LogP contribution >= 0.6 is 15.9 Å². The summed E-state index contributed by atoms with van der Waals surface area (Å²) in [5, 5.41) is 3.62. The van der Waals surface area contributed by atoms with E-state index >= 15 is 0 Å². The summed E-state index contributed by atoms with van der Waals surface area (Å²) in [6, 6.07) is 4.45. The summed E-state index contributed by atoms with van der Waals surface area (Å²) in [5.41, 5.74) is 1.16. The molecular weight excluding hydrogens is 300 g/mol. The number of pyridine rings is 1. The van der Waals surface area contributed by atoms with Gasteiger partial charge in [0.25, 0.3) is 0 Å². The molecule has 1 rings (SSSR count). The zero-order valence-electron chi connectivity index (χ0n) is 12.3. The molecule has 1 aromatic rings. The minimum atomic E-state index is 0.386. The molecule has 0 radical (unpaired) electrons. The summed E-state index contributed by atoms with van der Waals surface area (Å²) in [6.07, 6.45) is 10.9. The van der Waals surface area contributed by atoms with Gasteiger partial charge >= 0.3 is 0 Å². The molecule has 19 heavy (non-hydrogen) atoms. The minimum Gasteiger partial charge on any atom is -0.309 e. The summed E-state index contributed by atoms with van der Waals surface area (Å²) < 4.78 is 1.12. The maximum atomic E-state index is 4.54. The number of hydrogen-bond acceptors (Lipinski definition) is 2. The van der Waals surface area contributed by atoms with Crippen LogP contribution in [0, 0.1) is 0 Å². The van der Waals surface area contributed by atoms with Crippen LogP contribution in [-0.4, -0.2) is 11.5 Å². The Morgan fingerprint density at radius 3 is 2.63 bits per heavy atom. The number of aromatic nitrogens is 1. The smallest absolute Gasteiger partial charge is 0.0714 e. The molecule has 0 spiro atoms. The van der Waals surface area contributed by atoms with Crippen LogP contribution in [-0.2, 0) is 0 Å². The molecule has 0 aliphatic carbocycles. The summed E-state index contributed by atoms with van der Waals surface area (Å²) >= 11 is 3.62. The number of nitrogens with zero attached hydrogens (tertiary/aromatic N) is 1.